The average molecular weight is 725 g/mol. The van der Waals surface area contributed by atoms with Crippen molar-refractivity contribution in [3.05, 3.63) is 154 Å². The van der Waals surface area contributed by atoms with Crippen LogP contribution in [0.4, 0.5) is 0 Å². The number of ether oxygens (including phenoxy) is 4. The number of hydrogen-bond acceptors (Lipinski definition) is 8. The highest BCUT2D eigenvalue weighted by atomic mass is 35.5. The van der Waals surface area contributed by atoms with Crippen LogP contribution in [0.2, 0.25) is 5.02 Å². The van der Waals surface area contributed by atoms with Gasteiger partial charge in [-0.3, -0.25) is 9.59 Å². The summed E-state index contributed by atoms with van der Waals surface area (Å²) in [6, 6.07) is 34.9. The van der Waals surface area contributed by atoms with Crippen LogP contribution in [0.25, 0.3) is 5.69 Å². The zero-order valence-electron chi connectivity index (χ0n) is 28.8. The van der Waals surface area contributed by atoms with Gasteiger partial charge < -0.3 is 23.8 Å². The van der Waals surface area contributed by atoms with Crippen molar-refractivity contribution in [3.8, 4) is 5.69 Å². The molecule has 1 aliphatic rings. The van der Waals surface area contributed by atoms with E-state index < -0.39 is 42.6 Å². The molecule has 12 heteroatoms. The molecule has 1 saturated heterocycles. The average Bonchev–Trinajstić information content (AvgIpc) is 3.53. The van der Waals surface area contributed by atoms with Crippen LogP contribution in [0, 0.1) is 0 Å². The number of rotatable bonds is 16. The van der Waals surface area contributed by atoms with Crippen LogP contribution in [0.3, 0.4) is 0 Å². The molecule has 52 heavy (non-hydrogen) atoms. The van der Waals surface area contributed by atoms with Crippen molar-refractivity contribution in [2.45, 2.75) is 64.1 Å². The van der Waals surface area contributed by atoms with E-state index in [0.717, 1.165) is 21.4 Å². The van der Waals surface area contributed by atoms with Crippen molar-refractivity contribution in [3.63, 3.8) is 0 Å². The van der Waals surface area contributed by atoms with Crippen LogP contribution < -0.4 is 5.69 Å². The summed E-state index contributed by atoms with van der Waals surface area (Å²) >= 11 is 6.00. The van der Waals surface area contributed by atoms with Crippen LogP contribution in [0.1, 0.15) is 30.0 Å². The van der Waals surface area contributed by atoms with Gasteiger partial charge in [0.2, 0.25) is 0 Å². The molecule has 270 valence electrons. The normalized spacial score (nSPS) is 18.7. The molecule has 0 bridgehead atoms. The van der Waals surface area contributed by atoms with E-state index >= 15 is 0 Å². The van der Waals surface area contributed by atoms with Gasteiger partial charge in [-0.25, -0.2) is 14.0 Å². The number of carbonyl (C=O) groups is 2. The summed E-state index contributed by atoms with van der Waals surface area (Å²) in [4.78, 5) is 42.5. The minimum atomic E-state index is -1.00. The Kier molecular flexibility index (Phi) is 12.7. The van der Waals surface area contributed by atoms with Gasteiger partial charge in [0.1, 0.15) is 31.7 Å². The largest absolute Gasteiger partial charge is 0.462 e. The lowest BCUT2D eigenvalue weighted by molar-refractivity contribution is -0.213. The maximum absolute atomic E-state index is 14.4. The smallest absolute Gasteiger partial charge is 0.350 e. The Hall–Kier alpha value is -5.07. The Labute approximate surface area is 307 Å². The molecule has 4 aromatic carbocycles. The molecule has 0 saturated carbocycles. The zero-order chi connectivity index (χ0) is 36.3. The highest BCUT2D eigenvalue weighted by Gasteiger charge is 2.51. The topological polar surface area (TPSA) is 114 Å². The molecule has 1 amide bonds. The van der Waals surface area contributed by atoms with Gasteiger partial charge in [0.15, 0.2) is 6.10 Å². The second kappa shape index (κ2) is 17.9. The molecule has 4 atom stereocenters. The molecule has 0 aliphatic carbocycles. The Morgan fingerprint density at radius 1 is 0.731 bits per heavy atom. The first-order valence-corrected chi connectivity index (χ1v) is 17.6. The zero-order valence-corrected chi connectivity index (χ0v) is 29.6. The summed E-state index contributed by atoms with van der Waals surface area (Å²) in [5.41, 5.74) is 2.79. The first kappa shape index (κ1) is 36.7. The summed E-state index contributed by atoms with van der Waals surface area (Å²) in [6.45, 7) is 2.32. The second-order valence-corrected chi connectivity index (χ2v) is 12.9. The lowest BCUT2D eigenvalue weighted by Crippen LogP contribution is -2.67. The van der Waals surface area contributed by atoms with Crippen molar-refractivity contribution in [2.24, 2.45) is 0 Å². The number of aromatic nitrogens is 3. The number of esters is 1. The highest BCUT2D eigenvalue weighted by Crippen LogP contribution is 2.30. The number of benzene rings is 4. The van der Waals surface area contributed by atoms with Crippen molar-refractivity contribution >= 4 is 23.5 Å². The van der Waals surface area contributed by atoms with Crippen molar-refractivity contribution in [2.75, 3.05) is 13.2 Å². The van der Waals surface area contributed by atoms with Crippen molar-refractivity contribution in [1.82, 2.24) is 19.2 Å². The third-order valence-corrected chi connectivity index (χ3v) is 9.02. The minimum Gasteiger partial charge on any atom is -0.462 e. The molecule has 0 N–H and O–H groups in total. The minimum absolute atomic E-state index is 0.185. The van der Waals surface area contributed by atoms with Crippen molar-refractivity contribution < 1.29 is 28.5 Å². The van der Waals surface area contributed by atoms with Crippen LogP contribution in [-0.4, -0.2) is 68.6 Å². The summed E-state index contributed by atoms with van der Waals surface area (Å²) in [5, 5.41) is 4.64. The summed E-state index contributed by atoms with van der Waals surface area (Å²) in [5.74, 6) is -0.979. The van der Waals surface area contributed by atoms with E-state index in [1.165, 1.54) is 10.9 Å². The van der Waals surface area contributed by atoms with Gasteiger partial charge in [0, 0.05) is 11.6 Å². The second-order valence-electron chi connectivity index (χ2n) is 12.4. The van der Waals surface area contributed by atoms with Gasteiger partial charge in [-0.1, -0.05) is 110 Å². The first-order valence-electron chi connectivity index (χ1n) is 17.2. The van der Waals surface area contributed by atoms with Crippen LogP contribution in [0.5, 0.6) is 0 Å². The molecular weight excluding hydrogens is 684 g/mol. The third-order valence-electron chi connectivity index (χ3n) is 8.77. The Balaban J connectivity index is 1.26. The molecule has 6 rings (SSSR count). The Morgan fingerprint density at radius 2 is 1.27 bits per heavy atom. The fraction of sp³-hybridized carbons (Fsp3) is 0.300. The standard InChI is InChI=1S/C40H41ClN4O7/c1-2-22-43-34(27-49-35(46)23-45-40(48)44(28-42-45)33-20-18-32(41)19-21-33)36(50-24-29-12-6-3-7-13-29)37(51-25-30-14-8-4-9-15-30)38(39(43)47)52-26-31-16-10-5-11-17-31/h3-21,28,34,36-38H,2,22-27H2,1H3/t34-,36-,37-,38-/m1/s1. The van der Waals surface area contributed by atoms with E-state index in [1.807, 2.05) is 97.9 Å². The van der Waals surface area contributed by atoms with Crippen LogP contribution >= 0.6 is 11.6 Å². The van der Waals surface area contributed by atoms with Gasteiger partial charge in [-0.05, 0) is 47.4 Å². The predicted octanol–water partition coefficient (Wildman–Crippen LogP) is 5.61. The number of amides is 1. The monoisotopic (exact) mass is 724 g/mol. The van der Waals surface area contributed by atoms with Gasteiger partial charge in [-0.2, -0.15) is 5.10 Å². The molecular formula is C40H41ClN4O7. The fourth-order valence-electron chi connectivity index (χ4n) is 6.16. The fourth-order valence-corrected chi connectivity index (χ4v) is 6.28. The number of hydrogen-bond donors (Lipinski definition) is 0. The molecule has 2 heterocycles. The lowest BCUT2D eigenvalue weighted by Gasteiger charge is -2.47. The quantitative estimate of drug-likeness (QED) is 0.121. The van der Waals surface area contributed by atoms with Crippen LogP contribution in [0.15, 0.2) is 126 Å². The molecule has 0 spiro atoms. The first-order chi connectivity index (χ1) is 25.4. The molecule has 1 aromatic heterocycles. The molecule has 5 aromatic rings. The molecule has 1 aliphatic heterocycles. The number of likely N-dealkylation sites (tertiary alicyclic amines) is 1. The summed E-state index contributed by atoms with van der Waals surface area (Å²) in [7, 11) is 0. The van der Waals surface area contributed by atoms with Crippen molar-refractivity contribution in [1.29, 1.82) is 0 Å². The number of piperidine rings is 1. The van der Waals surface area contributed by atoms with Crippen LogP contribution in [-0.2, 0) is 54.9 Å². The van der Waals surface area contributed by atoms with E-state index in [-0.39, 0.29) is 32.3 Å². The summed E-state index contributed by atoms with van der Waals surface area (Å²) in [6.07, 6.45) is -0.638. The summed E-state index contributed by atoms with van der Waals surface area (Å²) < 4.78 is 27.8. The van der Waals surface area contributed by atoms with E-state index in [0.29, 0.717) is 23.7 Å². The van der Waals surface area contributed by atoms with E-state index in [4.69, 9.17) is 30.5 Å². The van der Waals surface area contributed by atoms with Gasteiger partial charge in [0.25, 0.3) is 5.91 Å². The molecule has 1 fully saturated rings. The number of halogens is 1. The Bertz CT molecular complexity index is 1940. The molecule has 0 radical (unpaired) electrons. The number of carbonyl (C=O) groups excluding carboxylic acids is 2. The van der Waals surface area contributed by atoms with Gasteiger partial charge in [-0.15, -0.1) is 0 Å². The SMILES string of the molecule is CCCN1C(=O)[C@H](OCc2ccccc2)[C@H](OCc2ccccc2)[C@H](OCc2ccccc2)[C@H]1COC(=O)Cn1ncn(-c2ccc(Cl)cc2)c1=O. The van der Waals surface area contributed by atoms with E-state index in [1.54, 1.807) is 29.2 Å². The Morgan fingerprint density at radius 3 is 1.83 bits per heavy atom. The lowest BCUT2D eigenvalue weighted by atomic mass is 9.92. The van der Waals surface area contributed by atoms with E-state index in [2.05, 4.69) is 5.10 Å². The van der Waals surface area contributed by atoms with E-state index in [9.17, 15) is 14.4 Å². The number of nitrogens with zero attached hydrogens (tertiary/aromatic N) is 4. The predicted molar refractivity (Wildman–Crippen MR) is 195 cm³/mol. The molecule has 11 nitrogen and oxygen atoms in total. The maximum atomic E-state index is 14.4. The van der Waals surface area contributed by atoms with Gasteiger partial charge >= 0.3 is 11.7 Å². The highest BCUT2D eigenvalue weighted by molar-refractivity contribution is 6.30. The molecule has 0 unspecified atom stereocenters. The maximum Gasteiger partial charge on any atom is 0.350 e. The van der Waals surface area contributed by atoms with Gasteiger partial charge in [0.05, 0.1) is 31.5 Å². The third kappa shape index (κ3) is 9.23.